The zero-order chi connectivity index (χ0) is 9.10. The van der Waals surface area contributed by atoms with Gasteiger partial charge in [-0.3, -0.25) is 0 Å². The molecule has 2 rings (SSSR count). The molecule has 76 valence electrons. The summed E-state index contributed by atoms with van der Waals surface area (Å²) in [7, 11) is 0. The zero-order valence-electron chi connectivity index (χ0n) is 7.61. The van der Waals surface area contributed by atoms with Crippen molar-refractivity contribution in [3.05, 3.63) is 35.9 Å². The van der Waals surface area contributed by atoms with Crippen LogP contribution in [0.5, 0.6) is 0 Å². The molecule has 0 radical (unpaired) electrons. The lowest BCUT2D eigenvalue weighted by molar-refractivity contribution is 0.245. The second kappa shape index (κ2) is 5.18. The van der Waals surface area contributed by atoms with Crippen molar-refractivity contribution in [2.45, 2.75) is 18.4 Å². The summed E-state index contributed by atoms with van der Waals surface area (Å²) in [6, 6.07) is 10.7. The third-order valence-electron chi connectivity index (χ3n) is 2.77. The first-order valence-corrected chi connectivity index (χ1v) is 4.81. The molecule has 0 aliphatic carbocycles. The topological polar surface area (TPSA) is 32.3 Å². The Morgan fingerprint density at radius 2 is 2.00 bits per heavy atom. The molecular weight excluding hydrogens is 173 g/mol. The van der Waals surface area contributed by atoms with Gasteiger partial charge in [0, 0.05) is 12.0 Å². The highest BCUT2D eigenvalue weighted by Gasteiger charge is 2.26. The molecule has 2 N–H and O–H groups in total. The smallest absolute Gasteiger partial charge is 0.0814 e. The van der Waals surface area contributed by atoms with Crippen LogP contribution in [0, 0.1) is 0 Å². The molecule has 0 saturated carbocycles. The number of hydrogen-bond acceptors (Lipinski definition) is 2. The van der Waals surface area contributed by atoms with Crippen LogP contribution in [0.3, 0.4) is 0 Å². The third kappa shape index (κ3) is 2.17. The van der Waals surface area contributed by atoms with Crippen LogP contribution < -0.4 is 5.32 Å². The fourth-order valence-electron chi connectivity index (χ4n) is 2.06. The molecule has 1 heterocycles. The average Bonchev–Trinajstić information content (AvgIpc) is 2.67. The van der Waals surface area contributed by atoms with Gasteiger partial charge in [0.15, 0.2) is 0 Å². The molecule has 14 heavy (non-hydrogen) atoms. The van der Waals surface area contributed by atoms with Crippen LogP contribution >= 0.6 is 0 Å². The molecule has 1 aromatic carbocycles. The molecule has 0 bridgehead atoms. The van der Waals surface area contributed by atoms with Gasteiger partial charge < -0.3 is 10.4 Å². The molecule has 0 aromatic heterocycles. The molecular formula is C11H18BNO. The minimum atomic E-state index is 0. The van der Waals surface area contributed by atoms with Crippen LogP contribution in [0.15, 0.2) is 30.3 Å². The summed E-state index contributed by atoms with van der Waals surface area (Å²) in [5.74, 6) is 0.492. The number of rotatable bonds is 2. The van der Waals surface area contributed by atoms with Gasteiger partial charge in [0.25, 0.3) is 0 Å². The Balaban J connectivity index is 0.000000980. The van der Waals surface area contributed by atoms with Crippen LogP contribution in [-0.2, 0) is 0 Å². The number of benzene rings is 1. The molecule has 1 aliphatic heterocycles. The van der Waals surface area contributed by atoms with Crippen molar-refractivity contribution in [1.82, 2.24) is 5.32 Å². The van der Waals surface area contributed by atoms with Gasteiger partial charge in [-0.1, -0.05) is 30.3 Å². The van der Waals surface area contributed by atoms with Crippen molar-refractivity contribution in [2.75, 3.05) is 13.2 Å². The van der Waals surface area contributed by atoms with Gasteiger partial charge in [0.2, 0.25) is 0 Å². The molecule has 0 amide bonds. The highest BCUT2D eigenvalue weighted by molar-refractivity contribution is 5.75. The molecule has 0 spiro atoms. The summed E-state index contributed by atoms with van der Waals surface area (Å²) in [6.45, 7) is 1.25. The van der Waals surface area contributed by atoms with Gasteiger partial charge in [-0.2, -0.15) is 0 Å². The standard InChI is InChI=1S/C11H15NO.BH3/c13-8-11-10(6-7-12-11)9-4-2-1-3-5-9;/h1-5,10-13H,6-8H2;1H3/t10-,11-;/m1./s1. The highest BCUT2D eigenvalue weighted by atomic mass is 16.3. The van der Waals surface area contributed by atoms with E-state index in [4.69, 9.17) is 5.11 Å². The van der Waals surface area contributed by atoms with E-state index in [1.807, 2.05) is 6.07 Å². The van der Waals surface area contributed by atoms with E-state index in [9.17, 15) is 0 Å². The summed E-state index contributed by atoms with van der Waals surface area (Å²) in [5, 5.41) is 12.4. The Bertz CT molecular complexity index is 265. The van der Waals surface area contributed by atoms with E-state index < -0.39 is 0 Å². The fraction of sp³-hybridized carbons (Fsp3) is 0.455. The first-order chi connectivity index (χ1) is 6.42. The number of aliphatic hydroxyl groups is 1. The fourth-order valence-corrected chi connectivity index (χ4v) is 2.06. The molecule has 1 saturated heterocycles. The van der Waals surface area contributed by atoms with E-state index in [1.54, 1.807) is 0 Å². The van der Waals surface area contributed by atoms with Crippen LogP contribution in [0.4, 0.5) is 0 Å². The van der Waals surface area contributed by atoms with E-state index in [0.29, 0.717) is 5.92 Å². The lowest BCUT2D eigenvalue weighted by Crippen LogP contribution is -2.29. The van der Waals surface area contributed by atoms with E-state index >= 15 is 0 Å². The normalized spacial score (nSPS) is 25.8. The average molecular weight is 191 g/mol. The SMILES string of the molecule is B.OC[C@H]1NCC[C@@H]1c1ccccc1. The van der Waals surface area contributed by atoms with E-state index in [0.717, 1.165) is 13.0 Å². The maximum Gasteiger partial charge on any atom is 0.0814 e. The zero-order valence-corrected chi connectivity index (χ0v) is 7.61. The quantitative estimate of drug-likeness (QED) is 0.642. The lowest BCUT2D eigenvalue weighted by Gasteiger charge is -2.17. The van der Waals surface area contributed by atoms with Crippen LogP contribution in [0.25, 0.3) is 0 Å². The van der Waals surface area contributed by atoms with E-state index in [1.165, 1.54) is 5.56 Å². The first kappa shape index (κ1) is 11.3. The van der Waals surface area contributed by atoms with Crippen molar-refractivity contribution in [3.63, 3.8) is 0 Å². The Morgan fingerprint density at radius 3 is 2.64 bits per heavy atom. The maximum atomic E-state index is 9.14. The summed E-state index contributed by atoms with van der Waals surface area (Å²) in [6.07, 6.45) is 1.13. The first-order valence-electron chi connectivity index (χ1n) is 4.81. The Kier molecular flexibility index (Phi) is 4.17. The number of hydrogen-bond donors (Lipinski definition) is 2. The van der Waals surface area contributed by atoms with E-state index in [2.05, 4.69) is 29.6 Å². The number of aliphatic hydroxyl groups excluding tert-OH is 1. The van der Waals surface area contributed by atoms with Crippen molar-refractivity contribution < 1.29 is 5.11 Å². The summed E-state index contributed by atoms with van der Waals surface area (Å²) >= 11 is 0. The van der Waals surface area contributed by atoms with Crippen molar-refractivity contribution in [3.8, 4) is 0 Å². The second-order valence-corrected chi connectivity index (χ2v) is 3.55. The Hall–Kier alpha value is -0.795. The van der Waals surface area contributed by atoms with Gasteiger partial charge >= 0.3 is 0 Å². The van der Waals surface area contributed by atoms with Gasteiger partial charge in [-0.15, -0.1) is 0 Å². The van der Waals surface area contributed by atoms with Gasteiger partial charge in [0.1, 0.15) is 0 Å². The highest BCUT2D eigenvalue weighted by Crippen LogP contribution is 2.26. The largest absolute Gasteiger partial charge is 0.395 e. The van der Waals surface area contributed by atoms with Crippen molar-refractivity contribution >= 4 is 8.41 Å². The summed E-state index contributed by atoms with van der Waals surface area (Å²) in [4.78, 5) is 0. The molecule has 1 aliphatic rings. The van der Waals surface area contributed by atoms with Gasteiger partial charge in [-0.05, 0) is 18.5 Å². The molecule has 0 unspecified atom stereocenters. The predicted molar refractivity (Wildman–Crippen MR) is 62.6 cm³/mol. The maximum absolute atomic E-state index is 9.14. The molecule has 1 aromatic rings. The Morgan fingerprint density at radius 1 is 1.29 bits per heavy atom. The monoisotopic (exact) mass is 191 g/mol. The third-order valence-corrected chi connectivity index (χ3v) is 2.77. The van der Waals surface area contributed by atoms with Crippen molar-refractivity contribution in [2.24, 2.45) is 0 Å². The predicted octanol–water partition coefficient (Wildman–Crippen LogP) is -0.0595. The summed E-state index contributed by atoms with van der Waals surface area (Å²) < 4.78 is 0. The van der Waals surface area contributed by atoms with Crippen LogP contribution in [-0.4, -0.2) is 32.7 Å². The van der Waals surface area contributed by atoms with Crippen molar-refractivity contribution in [1.29, 1.82) is 0 Å². The van der Waals surface area contributed by atoms with Gasteiger partial charge in [0.05, 0.1) is 15.0 Å². The number of nitrogens with one attached hydrogen (secondary N) is 1. The van der Waals surface area contributed by atoms with Crippen LogP contribution in [0.1, 0.15) is 17.9 Å². The van der Waals surface area contributed by atoms with Gasteiger partial charge in [-0.25, -0.2) is 0 Å². The van der Waals surface area contributed by atoms with E-state index in [-0.39, 0.29) is 21.1 Å². The lowest BCUT2D eigenvalue weighted by atomic mass is 9.92. The second-order valence-electron chi connectivity index (χ2n) is 3.55. The Labute approximate surface area is 86.9 Å². The van der Waals surface area contributed by atoms with Crippen LogP contribution in [0.2, 0.25) is 0 Å². The molecule has 1 fully saturated rings. The summed E-state index contributed by atoms with van der Waals surface area (Å²) in [5.41, 5.74) is 1.34. The minimum absolute atomic E-state index is 0. The molecule has 2 atom stereocenters. The molecule has 2 nitrogen and oxygen atoms in total. The minimum Gasteiger partial charge on any atom is -0.395 e. The molecule has 3 heteroatoms.